The van der Waals surface area contributed by atoms with Gasteiger partial charge in [0.25, 0.3) is 5.56 Å². The van der Waals surface area contributed by atoms with Crippen LogP contribution in [-0.2, 0) is 11.2 Å². The number of nitrogens with zero attached hydrogens (tertiary/aromatic N) is 4. The number of fused-ring (bicyclic) bond motifs is 1. The Bertz CT molecular complexity index is 875. The Labute approximate surface area is 136 Å². The van der Waals surface area contributed by atoms with Gasteiger partial charge in [-0.25, -0.2) is 4.98 Å². The highest BCUT2D eigenvalue weighted by molar-refractivity contribution is 7.09. The molecule has 8 heteroatoms. The van der Waals surface area contributed by atoms with Gasteiger partial charge in [-0.2, -0.15) is 4.68 Å². The van der Waals surface area contributed by atoms with Crippen molar-refractivity contribution >= 4 is 28.1 Å². The van der Waals surface area contributed by atoms with Crippen LogP contribution in [0.3, 0.4) is 0 Å². The van der Waals surface area contributed by atoms with Crippen molar-refractivity contribution in [3.63, 3.8) is 0 Å². The highest BCUT2D eigenvalue weighted by atomic mass is 32.1. The molecule has 23 heavy (non-hydrogen) atoms. The average Bonchev–Trinajstić information content (AvgIpc) is 3.08. The molecular weight excluding hydrogens is 314 g/mol. The number of carbonyl (C=O) groups excluding carboxylic acids is 1. The van der Waals surface area contributed by atoms with Gasteiger partial charge in [0.1, 0.15) is 11.6 Å². The van der Waals surface area contributed by atoms with Crippen molar-refractivity contribution in [3.8, 4) is 0 Å². The number of hydrogen-bond donors (Lipinski definition) is 1. The molecular formula is C15H15N5O2S. The number of rotatable bonds is 5. The largest absolute Gasteiger partial charge is 0.354 e. The molecule has 2 aromatic heterocycles. The normalized spacial score (nSPS) is 12.2. The van der Waals surface area contributed by atoms with Crippen LogP contribution in [0, 0.1) is 0 Å². The minimum Gasteiger partial charge on any atom is -0.354 e. The van der Waals surface area contributed by atoms with Gasteiger partial charge < -0.3 is 5.32 Å². The number of thiazole rings is 1. The maximum absolute atomic E-state index is 12.4. The zero-order valence-corrected chi connectivity index (χ0v) is 13.3. The van der Waals surface area contributed by atoms with Gasteiger partial charge >= 0.3 is 0 Å². The number of aromatic nitrogens is 4. The Kier molecular flexibility index (Phi) is 4.42. The van der Waals surface area contributed by atoms with E-state index >= 15 is 0 Å². The van der Waals surface area contributed by atoms with Gasteiger partial charge in [-0.05, 0) is 19.1 Å². The Morgan fingerprint density at radius 2 is 2.22 bits per heavy atom. The van der Waals surface area contributed by atoms with Gasteiger partial charge in [0.2, 0.25) is 5.91 Å². The standard InChI is InChI=1S/C15H15N5O2S/c1-10(14(21)17-7-6-13-16-8-9-23-13)20-15(22)11-4-2-3-5-12(11)18-19-20/h2-5,8-10H,6-7H2,1H3,(H,17,21)/t10-/m1/s1. The van der Waals surface area contributed by atoms with Crippen molar-refractivity contribution in [2.45, 2.75) is 19.4 Å². The fraction of sp³-hybridized carbons (Fsp3) is 0.267. The zero-order chi connectivity index (χ0) is 16.2. The van der Waals surface area contributed by atoms with Gasteiger partial charge in [0.05, 0.1) is 10.4 Å². The quantitative estimate of drug-likeness (QED) is 0.759. The molecule has 3 aromatic rings. The molecule has 1 amide bonds. The summed E-state index contributed by atoms with van der Waals surface area (Å²) in [5.41, 5.74) is 0.198. The van der Waals surface area contributed by atoms with E-state index < -0.39 is 6.04 Å². The second-order valence-corrected chi connectivity index (χ2v) is 5.98. The van der Waals surface area contributed by atoms with Crippen molar-refractivity contribution in [3.05, 3.63) is 51.2 Å². The average molecular weight is 329 g/mol. The fourth-order valence-electron chi connectivity index (χ4n) is 2.18. The van der Waals surface area contributed by atoms with Crippen LogP contribution < -0.4 is 10.9 Å². The first-order valence-corrected chi connectivity index (χ1v) is 8.05. The number of carbonyl (C=O) groups is 1. The lowest BCUT2D eigenvalue weighted by atomic mass is 10.2. The molecule has 1 N–H and O–H groups in total. The SMILES string of the molecule is C[C@H](C(=O)NCCc1nccs1)n1nnc2ccccc2c1=O. The third-order valence-electron chi connectivity index (χ3n) is 3.46. The summed E-state index contributed by atoms with van der Waals surface area (Å²) in [5, 5.41) is 14.0. The molecule has 0 aliphatic heterocycles. The summed E-state index contributed by atoms with van der Waals surface area (Å²) in [6.45, 7) is 2.09. The Hall–Kier alpha value is -2.61. The highest BCUT2D eigenvalue weighted by Crippen LogP contribution is 2.07. The highest BCUT2D eigenvalue weighted by Gasteiger charge is 2.18. The lowest BCUT2D eigenvalue weighted by Gasteiger charge is -2.13. The van der Waals surface area contributed by atoms with Crippen LogP contribution in [0.25, 0.3) is 10.9 Å². The topological polar surface area (TPSA) is 89.8 Å². The second-order valence-electron chi connectivity index (χ2n) is 5.00. The van der Waals surface area contributed by atoms with E-state index in [4.69, 9.17) is 0 Å². The first kappa shape index (κ1) is 15.3. The Morgan fingerprint density at radius 1 is 1.39 bits per heavy atom. The van der Waals surface area contributed by atoms with Gasteiger partial charge in [-0.1, -0.05) is 17.3 Å². The number of hydrogen-bond acceptors (Lipinski definition) is 6. The summed E-state index contributed by atoms with van der Waals surface area (Å²) in [5.74, 6) is -0.270. The first-order valence-electron chi connectivity index (χ1n) is 7.17. The Morgan fingerprint density at radius 3 is 3.00 bits per heavy atom. The predicted octanol–water partition coefficient (Wildman–Crippen LogP) is 1.17. The summed E-state index contributed by atoms with van der Waals surface area (Å²) >= 11 is 1.54. The minimum absolute atomic E-state index is 0.270. The Balaban J connectivity index is 1.72. The summed E-state index contributed by atoms with van der Waals surface area (Å²) in [4.78, 5) is 28.8. The van der Waals surface area contributed by atoms with Crippen molar-refractivity contribution < 1.29 is 4.79 Å². The summed E-state index contributed by atoms with van der Waals surface area (Å²) < 4.78 is 1.11. The van der Waals surface area contributed by atoms with Crippen LogP contribution in [0.1, 0.15) is 18.0 Å². The third-order valence-corrected chi connectivity index (χ3v) is 4.30. The third kappa shape index (κ3) is 3.26. The molecule has 118 valence electrons. The maximum atomic E-state index is 12.4. The molecule has 0 spiro atoms. The molecule has 0 aliphatic rings. The molecule has 0 radical (unpaired) electrons. The van der Waals surface area contributed by atoms with E-state index in [1.54, 1.807) is 48.7 Å². The maximum Gasteiger partial charge on any atom is 0.278 e. The van der Waals surface area contributed by atoms with Gasteiger partial charge in [0, 0.05) is 24.5 Å². The van der Waals surface area contributed by atoms with Gasteiger partial charge in [0.15, 0.2) is 0 Å². The number of nitrogens with one attached hydrogen (secondary N) is 1. The zero-order valence-electron chi connectivity index (χ0n) is 12.5. The van der Waals surface area contributed by atoms with Crippen LogP contribution in [-0.4, -0.2) is 32.4 Å². The molecule has 0 bridgehead atoms. The van der Waals surface area contributed by atoms with E-state index in [1.807, 2.05) is 5.38 Å². The van der Waals surface area contributed by atoms with E-state index in [2.05, 4.69) is 20.6 Å². The molecule has 0 fully saturated rings. The van der Waals surface area contributed by atoms with E-state index in [9.17, 15) is 9.59 Å². The molecule has 7 nitrogen and oxygen atoms in total. The molecule has 1 atom stereocenters. The van der Waals surface area contributed by atoms with E-state index in [-0.39, 0.29) is 11.5 Å². The van der Waals surface area contributed by atoms with Crippen LogP contribution in [0.5, 0.6) is 0 Å². The molecule has 1 aromatic carbocycles. The van der Waals surface area contributed by atoms with Crippen LogP contribution >= 0.6 is 11.3 Å². The lowest BCUT2D eigenvalue weighted by molar-refractivity contribution is -0.124. The number of amides is 1. The van der Waals surface area contributed by atoms with Crippen molar-refractivity contribution in [2.24, 2.45) is 0 Å². The molecule has 2 heterocycles. The van der Waals surface area contributed by atoms with Gasteiger partial charge in [-0.3, -0.25) is 9.59 Å². The van der Waals surface area contributed by atoms with Gasteiger partial charge in [-0.15, -0.1) is 16.4 Å². The van der Waals surface area contributed by atoms with Crippen LogP contribution in [0.2, 0.25) is 0 Å². The van der Waals surface area contributed by atoms with E-state index in [0.717, 1.165) is 9.69 Å². The monoisotopic (exact) mass is 329 g/mol. The molecule has 3 rings (SSSR count). The summed E-state index contributed by atoms with van der Waals surface area (Å²) in [6, 6.07) is 6.21. The summed E-state index contributed by atoms with van der Waals surface area (Å²) in [6.07, 6.45) is 2.39. The van der Waals surface area contributed by atoms with Crippen LogP contribution in [0.15, 0.2) is 40.6 Å². The molecule has 0 saturated carbocycles. The first-order chi connectivity index (χ1) is 11.2. The summed E-state index contributed by atoms with van der Waals surface area (Å²) in [7, 11) is 0. The van der Waals surface area contributed by atoms with Crippen LogP contribution in [0.4, 0.5) is 0 Å². The predicted molar refractivity (Wildman–Crippen MR) is 87.3 cm³/mol. The van der Waals surface area contributed by atoms with Crippen molar-refractivity contribution in [2.75, 3.05) is 6.54 Å². The van der Waals surface area contributed by atoms with Crippen molar-refractivity contribution in [1.29, 1.82) is 0 Å². The second kappa shape index (κ2) is 6.66. The fourth-order valence-corrected chi connectivity index (χ4v) is 2.80. The van der Waals surface area contributed by atoms with Crippen molar-refractivity contribution in [1.82, 2.24) is 25.3 Å². The van der Waals surface area contributed by atoms with E-state index in [1.165, 1.54) is 0 Å². The molecule has 0 unspecified atom stereocenters. The lowest BCUT2D eigenvalue weighted by Crippen LogP contribution is -2.38. The van der Waals surface area contributed by atoms with E-state index in [0.29, 0.717) is 23.9 Å². The number of benzene rings is 1. The molecule has 0 saturated heterocycles. The smallest absolute Gasteiger partial charge is 0.278 e. The molecule has 0 aliphatic carbocycles. The minimum atomic E-state index is -0.726.